The molecule has 0 spiro atoms. The lowest BCUT2D eigenvalue weighted by Gasteiger charge is -2.29. The van der Waals surface area contributed by atoms with Crippen molar-refractivity contribution in [3.05, 3.63) is 91.1 Å². The van der Waals surface area contributed by atoms with E-state index in [1.165, 1.54) is 15.9 Å². The summed E-state index contributed by atoms with van der Waals surface area (Å²) in [4.78, 5) is 35.2. The molecule has 0 aliphatic carbocycles. The van der Waals surface area contributed by atoms with Gasteiger partial charge in [-0.25, -0.2) is 4.98 Å². The molecule has 1 aliphatic heterocycles. The van der Waals surface area contributed by atoms with E-state index in [9.17, 15) is 9.59 Å². The van der Waals surface area contributed by atoms with E-state index in [2.05, 4.69) is 5.32 Å². The van der Waals surface area contributed by atoms with E-state index >= 15 is 0 Å². The second-order valence-corrected chi connectivity index (χ2v) is 11.5. The Balaban J connectivity index is 1.81. The van der Waals surface area contributed by atoms with Gasteiger partial charge in [0.25, 0.3) is 11.5 Å². The number of rotatable bonds is 7. The average Bonchev–Trinajstić information content (AvgIpc) is 3.45. The Kier molecular flexibility index (Phi) is 8.94. The molecule has 1 N–H and O–H groups in total. The van der Waals surface area contributed by atoms with Crippen molar-refractivity contribution in [2.75, 3.05) is 32.8 Å². The van der Waals surface area contributed by atoms with Gasteiger partial charge in [-0.1, -0.05) is 47.0 Å². The number of nitrogens with one attached hydrogen (secondary N) is 1. The van der Waals surface area contributed by atoms with Crippen LogP contribution in [0.3, 0.4) is 0 Å². The Labute approximate surface area is 253 Å². The molecule has 0 atom stereocenters. The second kappa shape index (κ2) is 12.6. The highest BCUT2D eigenvalue weighted by atomic mass is 35.5. The molecule has 3 heterocycles. The Morgan fingerprint density at radius 1 is 1.12 bits per heavy atom. The lowest BCUT2D eigenvalue weighted by molar-refractivity contribution is 0.0735. The number of nitrogens with zero attached hydrogens (tertiary/aromatic N) is 3. The zero-order valence-electron chi connectivity index (χ0n) is 23.0. The van der Waals surface area contributed by atoms with E-state index < -0.39 is 0 Å². The van der Waals surface area contributed by atoms with Crippen LogP contribution in [0.25, 0.3) is 33.6 Å². The molecule has 2 aromatic heterocycles. The van der Waals surface area contributed by atoms with Gasteiger partial charge in [-0.15, -0.1) is 11.3 Å². The van der Waals surface area contributed by atoms with Crippen LogP contribution in [-0.2, 0) is 0 Å². The fraction of sp³-hybridized carbons (Fsp3) is 0.258. The van der Waals surface area contributed by atoms with Crippen molar-refractivity contribution in [3.63, 3.8) is 0 Å². The van der Waals surface area contributed by atoms with Crippen LogP contribution >= 0.6 is 34.5 Å². The summed E-state index contributed by atoms with van der Waals surface area (Å²) in [5.74, 6) is 0.290. The molecular weight excluding hydrogens is 579 g/mol. The molecule has 4 aromatic rings. The molecule has 2 aromatic carbocycles. The SMILES string of the molecule is CCOc1cccc(Cl)c1-n1c(C=C(C)C)c(C(=O)N2CCNCC2)cc(-c2nc(-c3ccc(Cl)cc3)cs2)c1=O. The van der Waals surface area contributed by atoms with Crippen LogP contribution in [0, 0.1) is 0 Å². The summed E-state index contributed by atoms with van der Waals surface area (Å²) in [7, 11) is 0. The number of aromatic nitrogens is 2. The fourth-order valence-corrected chi connectivity index (χ4v) is 5.98. The predicted octanol–water partition coefficient (Wildman–Crippen LogP) is 6.80. The minimum Gasteiger partial charge on any atom is -0.492 e. The number of hydrogen-bond donors (Lipinski definition) is 1. The lowest BCUT2D eigenvalue weighted by Crippen LogP contribution is -2.47. The van der Waals surface area contributed by atoms with Crippen molar-refractivity contribution < 1.29 is 9.53 Å². The third kappa shape index (κ3) is 6.11. The van der Waals surface area contributed by atoms with E-state index in [0.29, 0.717) is 81.8 Å². The van der Waals surface area contributed by atoms with Gasteiger partial charge in [0.05, 0.1) is 34.1 Å². The summed E-state index contributed by atoms with van der Waals surface area (Å²) < 4.78 is 7.44. The zero-order chi connectivity index (χ0) is 29.1. The topological polar surface area (TPSA) is 76.5 Å². The van der Waals surface area contributed by atoms with Crippen molar-refractivity contribution in [1.29, 1.82) is 0 Å². The summed E-state index contributed by atoms with van der Waals surface area (Å²) in [5, 5.41) is 6.64. The van der Waals surface area contributed by atoms with E-state index in [1.807, 2.05) is 49.3 Å². The summed E-state index contributed by atoms with van der Waals surface area (Å²) in [5.41, 5.74) is 3.70. The summed E-state index contributed by atoms with van der Waals surface area (Å²) in [6.07, 6.45) is 1.85. The van der Waals surface area contributed by atoms with Gasteiger partial charge in [0.1, 0.15) is 16.4 Å². The van der Waals surface area contributed by atoms with Crippen molar-refractivity contribution in [1.82, 2.24) is 19.8 Å². The number of ether oxygens (including phenoxy) is 1. The lowest BCUT2D eigenvalue weighted by atomic mass is 10.0. The highest BCUT2D eigenvalue weighted by molar-refractivity contribution is 7.13. The van der Waals surface area contributed by atoms with E-state index in [4.69, 9.17) is 32.9 Å². The molecule has 41 heavy (non-hydrogen) atoms. The summed E-state index contributed by atoms with van der Waals surface area (Å²) in [6, 6.07) is 14.3. The van der Waals surface area contributed by atoms with Gasteiger partial charge in [0.2, 0.25) is 0 Å². The minimum atomic E-state index is -0.347. The quantitative estimate of drug-likeness (QED) is 0.250. The smallest absolute Gasteiger partial charge is 0.266 e. The number of amides is 1. The summed E-state index contributed by atoms with van der Waals surface area (Å²) >= 11 is 14.2. The monoisotopic (exact) mass is 608 g/mol. The normalized spacial score (nSPS) is 13.2. The van der Waals surface area contributed by atoms with Gasteiger partial charge in [0, 0.05) is 42.1 Å². The van der Waals surface area contributed by atoms with Crippen LogP contribution in [0.2, 0.25) is 10.0 Å². The van der Waals surface area contributed by atoms with Crippen LogP contribution in [-0.4, -0.2) is 53.1 Å². The molecule has 5 rings (SSSR count). The number of carbonyl (C=O) groups excluding carboxylic acids is 1. The van der Waals surface area contributed by atoms with E-state index in [-0.39, 0.29) is 11.5 Å². The maximum Gasteiger partial charge on any atom is 0.266 e. The van der Waals surface area contributed by atoms with E-state index in [0.717, 1.165) is 11.1 Å². The third-order valence-corrected chi connectivity index (χ3v) is 8.08. The molecule has 1 amide bonds. The molecule has 0 bridgehead atoms. The van der Waals surface area contributed by atoms with Crippen LogP contribution < -0.4 is 15.6 Å². The molecule has 1 aliphatic rings. The first-order chi connectivity index (χ1) is 19.8. The van der Waals surface area contributed by atoms with Gasteiger partial charge in [0.15, 0.2) is 0 Å². The largest absolute Gasteiger partial charge is 0.492 e. The number of piperazine rings is 1. The Morgan fingerprint density at radius 3 is 2.54 bits per heavy atom. The number of para-hydroxylation sites is 1. The predicted molar refractivity (Wildman–Crippen MR) is 168 cm³/mol. The average molecular weight is 610 g/mol. The van der Waals surface area contributed by atoms with Crippen LogP contribution in [0.1, 0.15) is 36.8 Å². The first-order valence-corrected chi connectivity index (χ1v) is 15.0. The Hall–Kier alpha value is -3.43. The van der Waals surface area contributed by atoms with Gasteiger partial charge in [-0.2, -0.15) is 0 Å². The number of benzene rings is 2. The molecule has 0 saturated carbocycles. The van der Waals surface area contributed by atoms with Crippen LogP contribution in [0.5, 0.6) is 5.75 Å². The molecular formula is C31H30Cl2N4O3S. The standard InChI is InChI=1S/C31H30Cl2N4O3S/c1-4-40-27-7-5-6-24(33)28(27)37-26(16-19(2)3)22(30(38)36-14-12-34-13-15-36)17-23(31(37)39)29-35-25(18-41-29)20-8-10-21(32)11-9-20/h5-11,16-18,34H,4,12-15H2,1-3H3. The van der Waals surface area contributed by atoms with Gasteiger partial charge in [-0.05, 0) is 57.2 Å². The van der Waals surface area contributed by atoms with Gasteiger partial charge in [-0.3, -0.25) is 14.2 Å². The van der Waals surface area contributed by atoms with Crippen LogP contribution in [0.4, 0.5) is 0 Å². The number of hydrogen-bond acceptors (Lipinski definition) is 6. The molecule has 0 unspecified atom stereocenters. The highest BCUT2D eigenvalue weighted by Crippen LogP contribution is 2.35. The maximum absolute atomic E-state index is 14.5. The number of halogens is 2. The fourth-order valence-electron chi connectivity index (χ4n) is 4.77. The van der Waals surface area contributed by atoms with Crippen LogP contribution in [0.15, 0.2) is 64.3 Å². The number of allylic oxidation sites excluding steroid dienone is 1. The van der Waals surface area contributed by atoms with Crippen molar-refractivity contribution in [3.8, 4) is 33.3 Å². The first kappa shape index (κ1) is 29.1. The Morgan fingerprint density at radius 2 is 1.85 bits per heavy atom. The third-order valence-electron chi connectivity index (χ3n) is 6.65. The van der Waals surface area contributed by atoms with Gasteiger partial charge < -0.3 is 15.0 Å². The molecule has 7 nitrogen and oxygen atoms in total. The molecule has 1 saturated heterocycles. The number of thiazole rings is 1. The van der Waals surface area contributed by atoms with Gasteiger partial charge >= 0.3 is 0 Å². The molecule has 212 valence electrons. The van der Waals surface area contributed by atoms with Crippen molar-refractivity contribution in [2.45, 2.75) is 20.8 Å². The van der Waals surface area contributed by atoms with Crippen molar-refractivity contribution in [2.24, 2.45) is 0 Å². The van der Waals surface area contributed by atoms with Crippen molar-refractivity contribution >= 4 is 46.5 Å². The Bertz CT molecular complexity index is 1670. The molecule has 1 fully saturated rings. The molecule has 0 radical (unpaired) electrons. The zero-order valence-corrected chi connectivity index (χ0v) is 25.4. The maximum atomic E-state index is 14.5. The second-order valence-electron chi connectivity index (χ2n) is 9.83. The minimum absolute atomic E-state index is 0.159. The highest BCUT2D eigenvalue weighted by Gasteiger charge is 2.28. The van der Waals surface area contributed by atoms with E-state index in [1.54, 1.807) is 36.4 Å². The summed E-state index contributed by atoms with van der Waals surface area (Å²) in [6.45, 7) is 8.63. The molecule has 10 heteroatoms. The number of pyridine rings is 1. The first-order valence-electron chi connectivity index (χ1n) is 13.4. The number of carbonyl (C=O) groups is 1.